The average Bonchev–Trinajstić information content (AvgIpc) is 2.53. The summed E-state index contributed by atoms with van der Waals surface area (Å²) in [4.78, 5) is 0. The fraction of sp³-hybridized carbons (Fsp3) is 0.625. The third-order valence-corrected chi connectivity index (χ3v) is 6.41. The first kappa shape index (κ1) is 16.5. The highest BCUT2D eigenvalue weighted by Gasteiger charge is 2.29. The number of hydrogen-bond acceptors (Lipinski definition) is 3. The second kappa shape index (κ2) is 7.38. The number of hydrogen-bond donors (Lipinski definition) is 1. The molecule has 0 aliphatic heterocycles. The lowest BCUT2D eigenvalue weighted by atomic mass is 9.87. The Morgan fingerprint density at radius 2 is 1.76 bits per heavy atom. The number of sulfonamides is 1. The Balaban J connectivity index is 1.90. The van der Waals surface area contributed by atoms with Gasteiger partial charge in [0.05, 0.1) is 5.75 Å². The molecule has 0 aromatic heterocycles. The molecular weight excluding hydrogens is 286 g/mol. The fourth-order valence-corrected chi connectivity index (χ4v) is 4.40. The highest BCUT2D eigenvalue weighted by molar-refractivity contribution is 7.89. The minimum atomic E-state index is -3.21. The number of aliphatic hydroxyl groups excluding tert-OH is 1. The topological polar surface area (TPSA) is 57.6 Å². The van der Waals surface area contributed by atoms with Crippen molar-refractivity contribution in [2.24, 2.45) is 5.92 Å². The van der Waals surface area contributed by atoms with Crippen LogP contribution in [0.5, 0.6) is 0 Å². The Kier molecular flexibility index (Phi) is 5.79. The SMILES string of the molecule is CN(C1CCC(CO)CC1)S(=O)(=O)CCc1ccccc1. The van der Waals surface area contributed by atoms with Gasteiger partial charge in [-0.15, -0.1) is 0 Å². The first-order valence-corrected chi connectivity index (χ1v) is 9.24. The summed E-state index contributed by atoms with van der Waals surface area (Å²) < 4.78 is 26.4. The molecule has 0 spiro atoms. The molecule has 0 radical (unpaired) electrons. The van der Waals surface area contributed by atoms with Crippen molar-refractivity contribution in [1.29, 1.82) is 0 Å². The van der Waals surface area contributed by atoms with Crippen LogP contribution in [0.2, 0.25) is 0 Å². The molecule has 0 amide bonds. The zero-order chi connectivity index (χ0) is 15.3. The Bertz CT molecular complexity index is 522. The highest BCUT2D eigenvalue weighted by Crippen LogP contribution is 2.28. The van der Waals surface area contributed by atoms with Gasteiger partial charge in [-0.05, 0) is 43.6 Å². The molecule has 1 aromatic carbocycles. The van der Waals surface area contributed by atoms with Crippen molar-refractivity contribution in [1.82, 2.24) is 4.31 Å². The maximum absolute atomic E-state index is 12.4. The molecule has 2 rings (SSSR count). The van der Waals surface area contributed by atoms with Crippen LogP contribution in [0.4, 0.5) is 0 Å². The van der Waals surface area contributed by atoms with Crippen molar-refractivity contribution in [2.45, 2.75) is 38.1 Å². The van der Waals surface area contributed by atoms with Gasteiger partial charge in [0.2, 0.25) is 10.0 Å². The summed E-state index contributed by atoms with van der Waals surface area (Å²) in [6.45, 7) is 0.219. The molecule has 5 heteroatoms. The van der Waals surface area contributed by atoms with Crippen molar-refractivity contribution >= 4 is 10.0 Å². The van der Waals surface area contributed by atoms with Crippen molar-refractivity contribution in [2.75, 3.05) is 19.4 Å². The molecule has 1 N–H and O–H groups in total. The van der Waals surface area contributed by atoms with Crippen LogP contribution in [0, 0.1) is 5.92 Å². The van der Waals surface area contributed by atoms with E-state index in [1.54, 1.807) is 11.4 Å². The first-order valence-electron chi connectivity index (χ1n) is 7.63. The van der Waals surface area contributed by atoms with Gasteiger partial charge in [-0.1, -0.05) is 30.3 Å². The van der Waals surface area contributed by atoms with Crippen LogP contribution in [-0.2, 0) is 16.4 Å². The molecule has 0 saturated heterocycles. The zero-order valence-corrected chi connectivity index (χ0v) is 13.4. The van der Waals surface area contributed by atoms with E-state index in [1.807, 2.05) is 30.3 Å². The molecule has 0 heterocycles. The van der Waals surface area contributed by atoms with Crippen LogP contribution in [-0.4, -0.2) is 43.3 Å². The smallest absolute Gasteiger partial charge is 0.214 e. The van der Waals surface area contributed by atoms with E-state index < -0.39 is 10.0 Å². The van der Waals surface area contributed by atoms with Crippen molar-refractivity contribution < 1.29 is 13.5 Å². The Labute approximate surface area is 127 Å². The zero-order valence-electron chi connectivity index (χ0n) is 12.6. The van der Waals surface area contributed by atoms with Gasteiger partial charge in [-0.25, -0.2) is 12.7 Å². The van der Waals surface area contributed by atoms with Crippen molar-refractivity contribution in [3.05, 3.63) is 35.9 Å². The van der Waals surface area contributed by atoms with E-state index in [4.69, 9.17) is 5.11 Å². The van der Waals surface area contributed by atoms with E-state index in [9.17, 15) is 8.42 Å². The molecule has 1 aromatic rings. The summed E-state index contributed by atoms with van der Waals surface area (Å²) in [6.07, 6.45) is 4.09. The van der Waals surface area contributed by atoms with Gasteiger partial charge in [0.25, 0.3) is 0 Å². The van der Waals surface area contributed by atoms with Crippen LogP contribution < -0.4 is 0 Å². The van der Waals surface area contributed by atoms with Gasteiger partial charge in [-0.3, -0.25) is 0 Å². The summed E-state index contributed by atoms with van der Waals surface area (Å²) in [5.41, 5.74) is 1.05. The van der Waals surface area contributed by atoms with Crippen LogP contribution in [0.1, 0.15) is 31.2 Å². The summed E-state index contributed by atoms with van der Waals surface area (Å²) in [7, 11) is -1.51. The third-order valence-electron chi connectivity index (χ3n) is 4.52. The highest BCUT2D eigenvalue weighted by atomic mass is 32.2. The maximum atomic E-state index is 12.4. The Hall–Kier alpha value is -0.910. The van der Waals surface area contributed by atoms with Gasteiger partial charge in [0.15, 0.2) is 0 Å². The lowest BCUT2D eigenvalue weighted by molar-refractivity contribution is 0.159. The largest absolute Gasteiger partial charge is 0.396 e. The second-order valence-electron chi connectivity index (χ2n) is 5.92. The average molecular weight is 311 g/mol. The number of aryl methyl sites for hydroxylation is 1. The van der Waals surface area contributed by atoms with Crippen LogP contribution in [0.15, 0.2) is 30.3 Å². The minimum absolute atomic E-state index is 0.0913. The number of nitrogens with zero attached hydrogens (tertiary/aromatic N) is 1. The third kappa shape index (κ3) is 4.53. The van der Waals surface area contributed by atoms with Gasteiger partial charge >= 0.3 is 0 Å². The molecule has 1 saturated carbocycles. The van der Waals surface area contributed by atoms with E-state index in [-0.39, 0.29) is 18.4 Å². The van der Waals surface area contributed by atoms with Gasteiger partial charge < -0.3 is 5.11 Å². The van der Waals surface area contributed by atoms with Crippen molar-refractivity contribution in [3.8, 4) is 0 Å². The van der Waals surface area contributed by atoms with E-state index in [1.165, 1.54) is 0 Å². The second-order valence-corrected chi connectivity index (χ2v) is 8.07. The van der Waals surface area contributed by atoms with Gasteiger partial charge in [0, 0.05) is 19.7 Å². The normalized spacial score (nSPS) is 23.4. The number of rotatable bonds is 6. The number of benzene rings is 1. The molecule has 1 aliphatic carbocycles. The van der Waals surface area contributed by atoms with Crippen LogP contribution in [0.3, 0.4) is 0 Å². The lowest BCUT2D eigenvalue weighted by Crippen LogP contribution is -2.41. The standard InChI is InChI=1S/C16H25NO3S/c1-17(16-9-7-15(13-18)8-10-16)21(19,20)12-11-14-5-3-2-4-6-14/h2-6,15-16,18H,7-13H2,1H3. The van der Waals surface area contributed by atoms with Crippen LogP contribution in [0.25, 0.3) is 0 Å². The molecule has 0 atom stereocenters. The summed E-state index contributed by atoms with van der Waals surface area (Å²) in [5, 5.41) is 9.15. The predicted molar refractivity (Wildman–Crippen MR) is 84.5 cm³/mol. The van der Waals surface area contributed by atoms with Crippen LogP contribution >= 0.6 is 0 Å². The van der Waals surface area contributed by atoms with E-state index in [2.05, 4.69) is 0 Å². The Morgan fingerprint density at radius 1 is 1.14 bits per heavy atom. The monoisotopic (exact) mass is 311 g/mol. The minimum Gasteiger partial charge on any atom is -0.396 e. The molecule has 118 valence electrons. The van der Waals surface area contributed by atoms with E-state index >= 15 is 0 Å². The van der Waals surface area contributed by atoms with E-state index in [0.717, 1.165) is 31.2 Å². The molecule has 4 nitrogen and oxygen atoms in total. The Morgan fingerprint density at radius 3 is 2.33 bits per heavy atom. The maximum Gasteiger partial charge on any atom is 0.214 e. The molecular formula is C16H25NO3S. The van der Waals surface area contributed by atoms with E-state index in [0.29, 0.717) is 12.3 Å². The molecule has 0 unspecified atom stereocenters. The summed E-state index contributed by atoms with van der Waals surface area (Å²) in [5.74, 6) is 0.509. The predicted octanol–water partition coefficient (Wildman–Crippen LogP) is 2.04. The van der Waals surface area contributed by atoms with Gasteiger partial charge in [-0.2, -0.15) is 0 Å². The van der Waals surface area contributed by atoms with Crippen molar-refractivity contribution in [3.63, 3.8) is 0 Å². The number of aliphatic hydroxyl groups is 1. The molecule has 1 aliphatic rings. The summed E-state index contributed by atoms with van der Waals surface area (Å²) in [6, 6.07) is 9.81. The molecule has 21 heavy (non-hydrogen) atoms. The quantitative estimate of drug-likeness (QED) is 0.874. The lowest BCUT2D eigenvalue weighted by Gasteiger charge is -2.33. The molecule has 0 bridgehead atoms. The first-order chi connectivity index (χ1) is 10.0. The molecule has 1 fully saturated rings. The van der Waals surface area contributed by atoms with Gasteiger partial charge in [0.1, 0.15) is 0 Å². The summed E-state index contributed by atoms with van der Waals surface area (Å²) >= 11 is 0. The fourth-order valence-electron chi connectivity index (χ4n) is 2.95.